The van der Waals surface area contributed by atoms with Crippen molar-refractivity contribution < 1.29 is 22.9 Å². The number of hydrogen-bond donors (Lipinski definition) is 1. The first-order valence-electron chi connectivity index (χ1n) is 13.9. The Hall–Kier alpha value is -2.71. The molecule has 0 amide bonds. The van der Waals surface area contributed by atoms with Crippen LogP contribution in [0, 0.1) is 0 Å². The molecule has 38 heavy (non-hydrogen) atoms. The summed E-state index contributed by atoms with van der Waals surface area (Å²) in [5.74, 6) is 1.02. The van der Waals surface area contributed by atoms with Gasteiger partial charge in [0.2, 0.25) is 0 Å². The number of aromatic nitrogens is 2. The maximum atomic E-state index is 13.6. The summed E-state index contributed by atoms with van der Waals surface area (Å²) >= 11 is 0. The molecule has 0 aliphatic heterocycles. The van der Waals surface area contributed by atoms with Crippen LogP contribution in [-0.4, -0.2) is 27.0 Å². The number of nitrogens with zero attached hydrogens (tertiary/aromatic N) is 3. The molecule has 1 N–H and O–H groups in total. The topological polar surface area (TPSA) is 62.4 Å². The van der Waals surface area contributed by atoms with Gasteiger partial charge in [-0.1, -0.05) is 101 Å². The number of benzene rings is 2. The van der Waals surface area contributed by atoms with Gasteiger partial charge in [-0.05, 0) is 42.2 Å². The third-order valence-electron chi connectivity index (χ3n) is 6.91. The lowest BCUT2D eigenvalue weighted by molar-refractivity contribution is -0.140. The number of unbranched alkanes of at least 4 members (excludes halogenated alkanes) is 8. The zero-order valence-electron chi connectivity index (χ0n) is 22.5. The van der Waals surface area contributed by atoms with Crippen LogP contribution < -0.4 is 0 Å². The predicted molar refractivity (Wildman–Crippen MR) is 143 cm³/mol. The number of rotatable bonds is 16. The smallest absolute Gasteiger partial charge is 0.334 e. The minimum atomic E-state index is -4.47. The number of halogens is 3. The molecule has 0 saturated carbocycles. The average Bonchev–Trinajstić information content (AvgIpc) is 3.39. The van der Waals surface area contributed by atoms with E-state index < -0.39 is 17.8 Å². The van der Waals surface area contributed by atoms with Gasteiger partial charge in [0.05, 0.1) is 11.6 Å². The van der Waals surface area contributed by atoms with E-state index in [2.05, 4.69) is 17.1 Å². The molecule has 0 spiro atoms. The van der Waals surface area contributed by atoms with Crippen molar-refractivity contribution in [2.45, 2.75) is 96.7 Å². The second kappa shape index (κ2) is 15.0. The molecule has 1 aromatic heterocycles. The summed E-state index contributed by atoms with van der Waals surface area (Å²) in [7, 11) is 0. The van der Waals surface area contributed by atoms with Crippen LogP contribution in [0.5, 0.6) is 0 Å². The molecule has 1 heterocycles. The molecule has 0 aliphatic rings. The van der Waals surface area contributed by atoms with Crippen molar-refractivity contribution in [3.63, 3.8) is 0 Å². The summed E-state index contributed by atoms with van der Waals surface area (Å²) < 4.78 is 46.2. The van der Waals surface area contributed by atoms with Crippen LogP contribution in [0.2, 0.25) is 0 Å². The van der Waals surface area contributed by atoms with E-state index >= 15 is 0 Å². The van der Waals surface area contributed by atoms with Crippen molar-refractivity contribution in [1.29, 1.82) is 0 Å². The molecular weight excluding hydrogens is 491 g/mol. The standard InChI is InChI=1S/C30H40F3N3O2/c1-3-5-6-7-8-9-10-11-12-20-28-34-29(38-35-28)25-18-15-17-24(21-25)27(36(37)4-2)22-23-16-13-14-19-26(23)30(31,32)33/h13-19,21,27,37H,3-12,20,22H2,1-2H3. The number of alkyl halides is 3. The van der Waals surface area contributed by atoms with E-state index in [0.29, 0.717) is 22.8 Å². The maximum absolute atomic E-state index is 13.6. The van der Waals surface area contributed by atoms with Crippen molar-refractivity contribution in [2.24, 2.45) is 0 Å². The molecule has 0 fully saturated rings. The van der Waals surface area contributed by atoms with Crippen LogP contribution in [0.25, 0.3) is 11.5 Å². The number of hydroxylamine groups is 2. The van der Waals surface area contributed by atoms with Crippen molar-refractivity contribution in [3.05, 3.63) is 71.0 Å². The number of hydrogen-bond acceptors (Lipinski definition) is 5. The fourth-order valence-electron chi connectivity index (χ4n) is 4.74. The van der Waals surface area contributed by atoms with E-state index in [0.717, 1.165) is 30.4 Å². The first-order chi connectivity index (χ1) is 18.3. The number of likely N-dealkylation sites (N-methyl/N-ethyl adjacent to an activating group) is 1. The molecule has 8 heteroatoms. The van der Waals surface area contributed by atoms with E-state index in [9.17, 15) is 18.4 Å². The summed E-state index contributed by atoms with van der Waals surface area (Å²) in [4.78, 5) is 4.54. The molecular formula is C30H40F3N3O2. The fraction of sp³-hybridized carbons (Fsp3) is 0.533. The van der Waals surface area contributed by atoms with Crippen molar-refractivity contribution in [2.75, 3.05) is 6.54 Å². The molecule has 208 valence electrons. The van der Waals surface area contributed by atoms with E-state index in [4.69, 9.17) is 4.52 Å². The summed E-state index contributed by atoms with van der Waals surface area (Å²) in [6.45, 7) is 4.24. The lowest BCUT2D eigenvalue weighted by Gasteiger charge is -2.27. The minimum Gasteiger partial charge on any atom is -0.334 e. The summed E-state index contributed by atoms with van der Waals surface area (Å²) in [5, 5.41) is 15.8. The van der Waals surface area contributed by atoms with Crippen LogP contribution in [0.3, 0.4) is 0 Å². The largest absolute Gasteiger partial charge is 0.416 e. The lowest BCUT2D eigenvalue weighted by Crippen LogP contribution is -2.27. The van der Waals surface area contributed by atoms with Crippen LogP contribution in [0.4, 0.5) is 13.2 Å². The highest BCUT2D eigenvalue weighted by atomic mass is 19.4. The normalized spacial score (nSPS) is 12.8. The Labute approximate surface area is 224 Å². The molecule has 2 aromatic carbocycles. The highest BCUT2D eigenvalue weighted by Crippen LogP contribution is 2.35. The molecule has 0 saturated heterocycles. The fourth-order valence-corrected chi connectivity index (χ4v) is 4.74. The second-order valence-electron chi connectivity index (χ2n) is 9.85. The lowest BCUT2D eigenvalue weighted by atomic mass is 9.94. The highest BCUT2D eigenvalue weighted by Gasteiger charge is 2.34. The van der Waals surface area contributed by atoms with Gasteiger partial charge in [0.25, 0.3) is 5.89 Å². The van der Waals surface area contributed by atoms with Gasteiger partial charge in [0.15, 0.2) is 5.82 Å². The van der Waals surface area contributed by atoms with Gasteiger partial charge in [-0.2, -0.15) is 23.2 Å². The third-order valence-corrected chi connectivity index (χ3v) is 6.91. The van der Waals surface area contributed by atoms with E-state index in [1.807, 2.05) is 6.07 Å². The Morgan fingerprint density at radius 3 is 2.26 bits per heavy atom. The van der Waals surface area contributed by atoms with E-state index in [-0.39, 0.29) is 18.5 Å². The predicted octanol–water partition coefficient (Wildman–Crippen LogP) is 8.82. The molecule has 1 atom stereocenters. The minimum absolute atomic E-state index is 0.00281. The van der Waals surface area contributed by atoms with Crippen LogP contribution in [0.15, 0.2) is 53.1 Å². The second-order valence-corrected chi connectivity index (χ2v) is 9.85. The Kier molecular flexibility index (Phi) is 11.8. The third kappa shape index (κ3) is 8.95. The molecule has 0 aliphatic carbocycles. The van der Waals surface area contributed by atoms with Crippen LogP contribution in [-0.2, 0) is 19.0 Å². The monoisotopic (exact) mass is 531 g/mol. The molecule has 3 aromatic rings. The average molecular weight is 532 g/mol. The van der Waals surface area contributed by atoms with Gasteiger partial charge < -0.3 is 9.73 Å². The van der Waals surface area contributed by atoms with Crippen molar-refractivity contribution in [1.82, 2.24) is 15.2 Å². The molecule has 5 nitrogen and oxygen atoms in total. The zero-order valence-corrected chi connectivity index (χ0v) is 22.5. The first-order valence-corrected chi connectivity index (χ1v) is 13.9. The van der Waals surface area contributed by atoms with Crippen LogP contribution >= 0.6 is 0 Å². The molecule has 3 rings (SSSR count). The SMILES string of the molecule is CCCCCCCCCCCc1noc(-c2cccc(C(Cc3ccccc3C(F)(F)F)N(O)CC)c2)n1. The van der Waals surface area contributed by atoms with Gasteiger partial charge >= 0.3 is 6.18 Å². The summed E-state index contributed by atoms with van der Waals surface area (Å²) in [5.41, 5.74) is 0.780. The quantitative estimate of drug-likeness (QED) is 0.148. The summed E-state index contributed by atoms with van der Waals surface area (Å²) in [6.07, 6.45) is 7.45. The molecule has 0 bridgehead atoms. The van der Waals surface area contributed by atoms with Crippen molar-refractivity contribution in [3.8, 4) is 11.5 Å². The Morgan fingerprint density at radius 1 is 0.895 bits per heavy atom. The van der Waals surface area contributed by atoms with Gasteiger partial charge in [0.1, 0.15) is 0 Å². The summed E-state index contributed by atoms with van der Waals surface area (Å²) in [6, 6.07) is 12.0. The van der Waals surface area contributed by atoms with Gasteiger partial charge in [-0.3, -0.25) is 0 Å². The Bertz CT molecular complexity index is 1100. The zero-order chi connectivity index (χ0) is 27.4. The van der Waals surface area contributed by atoms with Gasteiger partial charge in [-0.15, -0.1) is 0 Å². The van der Waals surface area contributed by atoms with Crippen molar-refractivity contribution >= 4 is 0 Å². The van der Waals surface area contributed by atoms with E-state index in [1.165, 1.54) is 57.1 Å². The first kappa shape index (κ1) is 29.8. The van der Waals surface area contributed by atoms with Gasteiger partial charge in [0, 0.05) is 18.5 Å². The Balaban J connectivity index is 1.64. The Morgan fingerprint density at radius 2 is 1.58 bits per heavy atom. The van der Waals surface area contributed by atoms with E-state index in [1.54, 1.807) is 31.2 Å². The van der Waals surface area contributed by atoms with Gasteiger partial charge in [-0.25, -0.2) is 0 Å². The molecule has 0 radical (unpaired) electrons. The highest BCUT2D eigenvalue weighted by molar-refractivity contribution is 5.54. The molecule has 1 unspecified atom stereocenters. The number of aryl methyl sites for hydroxylation is 1. The van der Waals surface area contributed by atoms with Crippen LogP contribution in [0.1, 0.15) is 100 Å². The maximum Gasteiger partial charge on any atom is 0.416 e.